The number of benzene rings is 1. The lowest BCUT2D eigenvalue weighted by Gasteiger charge is -2.09. The minimum atomic E-state index is -0.532. The molecule has 162 valence electrons. The van der Waals surface area contributed by atoms with E-state index in [-0.39, 0.29) is 12.5 Å². The van der Waals surface area contributed by atoms with Crippen LogP contribution >= 0.6 is 0 Å². The molecule has 1 aromatic heterocycles. The number of carbonyl (C=O) groups excluding carboxylic acids is 3. The van der Waals surface area contributed by atoms with E-state index in [1.807, 2.05) is 18.5 Å². The van der Waals surface area contributed by atoms with E-state index in [9.17, 15) is 14.4 Å². The summed E-state index contributed by atoms with van der Waals surface area (Å²) in [5.74, 6) is -0.593. The van der Waals surface area contributed by atoms with Gasteiger partial charge in [0.15, 0.2) is 0 Å². The Kier molecular flexibility index (Phi) is 8.15. The third-order valence-corrected chi connectivity index (χ3v) is 4.70. The van der Waals surface area contributed by atoms with Crippen LogP contribution in [0.4, 0.5) is 5.69 Å². The first kappa shape index (κ1) is 23.1. The fraction of sp³-hybridized carbons (Fsp3) is 0.455. The summed E-state index contributed by atoms with van der Waals surface area (Å²) in [4.78, 5) is 35.7. The quantitative estimate of drug-likeness (QED) is 0.614. The Labute approximate surface area is 177 Å². The summed E-state index contributed by atoms with van der Waals surface area (Å²) >= 11 is 0. The van der Waals surface area contributed by atoms with Gasteiger partial charge in [-0.3, -0.25) is 19.1 Å². The van der Waals surface area contributed by atoms with Gasteiger partial charge in [0.05, 0.1) is 12.8 Å². The summed E-state index contributed by atoms with van der Waals surface area (Å²) < 4.78 is 6.50. The van der Waals surface area contributed by atoms with Gasteiger partial charge in [-0.2, -0.15) is 5.10 Å². The summed E-state index contributed by atoms with van der Waals surface area (Å²) in [7, 11) is 1.25. The molecule has 0 spiro atoms. The fourth-order valence-electron chi connectivity index (χ4n) is 3.15. The highest BCUT2D eigenvalue weighted by atomic mass is 16.5. The fourth-order valence-corrected chi connectivity index (χ4v) is 3.15. The largest absolute Gasteiger partial charge is 0.468 e. The van der Waals surface area contributed by atoms with E-state index in [0.29, 0.717) is 30.0 Å². The van der Waals surface area contributed by atoms with Crippen LogP contribution in [-0.4, -0.2) is 41.2 Å². The van der Waals surface area contributed by atoms with Crippen molar-refractivity contribution in [2.24, 2.45) is 5.92 Å². The molecule has 2 amide bonds. The van der Waals surface area contributed by atoms with Gasteiger partial charge in [0.2, 0.25) is 5.91 Å². The predicted molar refractivity (Wildman–Crippen MR) is 114 cm³/mol. The van der Waals surface area contributed by atoms with Gasteiger partial charge >= 0.3 is 5.97 Å². The number of esters is 1. The maximum Gasteiger partial charge on any atom is 0.325 e. The predicted octanol–water partition coefficient (Wildman–Crippen LogP) is 2.63. The maximum atomic E-state index is 12.4. The van der Waals surface area contributed by atoms with Gasteiger partial charge in [-0.1, -0.05) is 19.9 Å². The number of aryl methyl sites for hydroxylation is 1. The van der Waals surface area contributed by atoms with E-state index in [0.717, 1.165) is 23.5 Å². The Hall–Kier alpha value is -3.16. The normalized spacial score (nSPS) is 10.7. The van der Waals surface area contributed by atoms with Crippen LogP contribution < -0.4 is 10.6 Å². The minimum Gasteiger partial charge on any atom is -0.468 e. The molecule has 0 saturated carbocycles. The summed E-state index contributed by atoms with van der Waals surface area (Å²) in [6, 6.07) is 6.57. The van der Waals surface area contributed by atoms with Crippen molar-refractivity contribution in [3.63, 3.8) is 0 Å². The van der Waals surface area contributed by atoms with Gasteiger partial charge in [-0.25, -0.2) is 0 Å². The number of carbonyl (C=O) groups is 3. The van der Waals surface area contributed by atoms with E-state index in [1.54, 1.807) is 24.3 Å². The average Bonchev–Trinajstić information content (AvgIpc) is 2.96. The Bertz CT molecular complexity index is 918. The molecule has 1 heterocycles. The maximum absolute atomic E-state index is 12.4. The SMILES string of the molecule is COC(=O)CNC(=O)c1cccc(NC(=O)CCc2c(C)nn(CC(C)C)c2C)c1. The van der Waals surface area contributed by atoms with Crippen LogP contribution in [-0.2, 0) is 27.3 Å². The number of methoxy groups -OCH3 is 1. The van der Waals surface area contributed by atoms with Crippen LogP contribution in [0.1, 0.15) is 47.6 Å². The summed E-state index contributed by atoms with van der Waals surface area (Å²) in [6.07, 6.45) is 0.911. The molecule has 2 N–H and O–H groups in total. The third kappa shape index (κ3) is 6.43. The first-order valence-electron chi connectivity index (χ1n) is 9.99. The number of nitrogens with zero attached hydrogens (tertiary/aromatic N) is 2. The van der Waals surface area contributed by atoms with E-state index >= 15 is 0 Å². The zero-order chi connectivity index (χ0) is 22.3. The van der Waals surface area contributed by atoms with Crippen LogP contribution in [0.3, 0.4) is 0 Å². The topological polar surface area (TPSA) is 102 Å². The number of ether oxygens (including phenoxy) is 1. The molecule has 1 aromatic carbocycles. The average molecular weight is 415 g/mol. The summed E-state index contributed by atoms with van der Waals surface area (Å²) in [5.41, 5.74) is 4.01. The molecule has 0 saturated heterocycles. The first-order valence-corrected chi connectivity index (χ1v) is 9.99. The number of hydrogen-bond donors (Lipinski definition) is 2. The molecule has 0 radical (unpaired) electrons. The molecule has 8 heteroatoms. The summed E-state index contributed by atoms with van der Waals surface area (Å²) in [5, 5.41) is 9.88. The van der Waals surface area contributed by atoms with Crippen molar-refractivity contribution in [1.29, 1.82) is 0 Å². The molecule has 0 bridgehead atoms. The zero-order valence-corrected chi connectivity index (χ0v) is 18.2. The molecule has 8 nitrogen and oxygen atoms in total. The molecular formula is C22H30N4O4. The minimum absolute atomic E-state index is 0.141. The van der Waals surface area contributed by atoms with Crippen LogP contribution in [0.2, 0.25) is 0 Å². The van der Waals surface area contributed by atoms with E-state index in [1.165, 1.54) is 7.11 Å². The molecule has 2 aromatic rings. The highest BCUT2D eigenvalue weighted by molar-refractivity contribution is 5.98. The number of nitrogens with one attached hydrogen (secondary N) is 2. The monoisotopic (exact) mass is 414 g/mol. The Morgan fingerprint density at radius 2 is 1.93 bits per heavy atom. The highest BCUT2D eigenvalue weighted by Gasteiger charge is 2.14. The van der Waals surface area contributed by atoms with Gasteiger partial charge < -0.3 is 15.4 Å². The molecule has 30 heavy (non-hydrogen) atoms. The van der Waals surface area contributed by atoms with Gasteiger partial charge in [0, 0.05) is 29.9 Å². The van der Waals surface area contributed by atoms with Crippen LogP contribution in [0, 0.1) is 19.8 Å². The van der Waals surface area contributed by atoms with Crippen LogP contribution in [0.5, 0.6) is 0 Å². The molecule has 0 aliphatic rings. The van der Waals surface area contributed by atoms with Crippen molar-refractivity contribution in [2.45, 2.75) is 47.1 Å². The smallest absolute Gasteiger partial charge is 0.325 e. The molecule has 0 fully saturated rings. The van der Waals surface area contributed by atoms with E-state index in [2.05, 4.69) is 34.3 Å². The van der Waals surface area contributed by atoms with Crippen molar-refractivity contribution in [3.05, 3.63) is 46.8 Å². The van der Waals surface area contributed by atoms with E-state index < -0.39 is 11.9 Å². The van der Waals surface area contributed by atoms with Crippen LogP contribution in [0.15, 0.2) is 24.3 Å². The lowest BCUT2D eigenvalue weighted by molar-refractivity contribution is -0.139. The lowest BCUT2D eigenvalue weighted by Crippen LogP contribution is -2.30. The Balaban J connectivity index is 1.95. The second-order valence-corrected chi connectivity index (χ2v) is 7.61. The van der Waals surface area contributed by atoms with Crippen molar-refractivity contribution in [2.75, 3.05) is 19.0 Å². The van der Waals surface area contributed by atoms with Crippen molar-refractivity contribution < 1.29 is 19.1 Å². The van der Waals surface area contributed by atoms with E-state index in [4.69, 9.17) is 0 Å². The van der Waals surface area contributed by atoms with Crippen LogP contribution in [0.25, 0.3) is 0 Å². The first-order chi connectivity index (χ1) is 14.2. The second-order valence-electron chi connectivity index (χ2n) is 7.61. The lowest BCUT2D eigenvalue weighted by atomic mass is 10.1. The standard InChI is InChI=1S/C22H30N4O4/c1-14(2)13-26-16(4)19(15(3)25-26)9-10-20(27)24-18-8-6-7-17(11-18)22(29)23-12-21(28)30-5/h6-8,11,14H,9-10,12-13H2,1-5H3,(H,23,29)(H,24,27). The third-order valence-electron chi connectivity index (χ3n) is 4.70. The van der Waals surface area contributed by atoms with Gasteiger partial charge in [-0.15, -0.1) is 0 Å². The van der Waals surface area contributed by atoms with Crippen molar-refractivity contribution in [3.8, 4) is 0 Å². The Morgan fingerprint density at radius 3 is 2.60 bits per heavy atom. The molecule has 0 unspecified atom stereocenters. The number of anilines is 1. The van der Waals surface area contributed by atoms with Gasteiger partial charge in [0.1, 0.15) is 6.54 Å². The number of amides is 2. The second kappa shape index (κ2) is 10.6. The van der Waals surface area contributed by atoms with Gasteiger partial charge in [-0.05, 0) is 49.9 Å². The molecule has 0 aliphatic carbocycles. The molecule has 2 rings (SSSR count). The number of hydrogen-bond acceptors (Lipinski definition) is 5. The number of rotatable bonds is 9. The molecule has 0 atom stereocenters. The molecular weight excluding hydrogens is 384 g/mol. The van der Waals surface area contributed by atoms with Gasteiger partial charge in [0.25, 0.3) is 5.91 Å². The highest BCUT2D eigenvalue weighted by Crippen LogP contribution is 2.17. The van der Waals surface area contributed by atoms with Crippen molar-refractivity contribution >= 4 is 23.5 Å². The molecule has 0 aliphatic heterocycles. The zero-order valence-electron chi connectivity index (χ0n) is 18.2. The van der Waals surface area contributed by atoms with Crippen molar-refractivity contribution in [1.82, 2.24) is 15.1 Å². The summed E-state index contributed by atoms with van der Waals surface area (Å²) in [6.45, 7) is 8.93. The number of aromatic nitrogens is 2. The Morgan fingerprint density at radius 1 is 1.20 bits per heavy atom.